The van der Waals surface area contributed by atoms with E-state index in [0.29, 0.717) is 11.5 Å². The topological polar surface area (TPSA) is 39.1 Å². The summed E-state index contributed by atoms with van der Waals surface area (Å²) in [6.07, 6.45) is 4.91. The molecule has 1 fully saturated rings. The zero-order valence-corrected chi connectivity index (χ0v) is 10.4. The minimum Gasteiger partial charge on any atom is -0.380 e. The molecule has 1 aliphatic heterocycles. The summed E-state index contributed by atoms with van der Waals surface area (Å²) >= 11 is 0. The summed E-state index contributed by atoms with van der Waals surface area (Å²) < 4.78 is 7.34. The molecular formula is C12H21N3O. The highest BCUT2D eigenvalue weighted by Gasteiger charge is 2.33. The highest BCUT2D eigenvalue weighted by Crippen LogP contribution is 2.26. The molecule has 1 aromatic rings. The van der Waals surface area contributed by atoms with Gasteiger partial charge in [-0.25, -0.2) is 4.98 Å². The van der Waals surface area contributed by atoms with Gasteiger partial charge in [0, 0.05) is 31.4 Å². The Morgan fingerprint density at radius 1 is 1.62 bits per heavy atom. The van der Waals surface area contributed by atoms with Crippen LogP contribution in [-0.2, 0) is 11.8 Å². The van der Waals surface area contributed by atoms with Crippen molar-refractivity contribution in [1.29, 1.82) is 0 Å². The van der Waals surface area contributed by atoms with E-state index in [1.165, 1.54) is 0 Å². The fourth-order valence-electron chi connectivity index (χ4n) is 2.05. The molecule has 0 amide bonds. The van der Waals surface area contributed by atoms with Crippen LogP contribution in [0.3, 0.4) is 0 Å². The maximum Gasteiger partial charge on any atom is 0.125 e. The largest absolute Gasteiger partial charge is 0.380 e. The number of ether oxygens (including phenoxy) is 1. The van der Waals surface area contributed by atoms with Crippen LogP contribution in [0.2, 0.25) is 0 Å². The van der Waals surface area contributed by atoms with E-state index in [1.807, 2.05) is 19.4 Å². The molecule has 1 aliphatic rings. The Hall–Kier alpha value is -0.870. The third-order valence-corrected chi connectivity index (χ3v) is 3.25. The van der Waals surface area contributed by atoms with Crippen LogP contribution in [0.25, 0.3) is 0 Å². The first-order chi connectivity index (χ1) is 7.64. The molecular weight excluding hydrogens is 202 g/mol. The van der Waals surface area contributed by atoms with Crippen molar-refractivity contribution in [2.24, 2.45) is 12.5 Å². The summed E-state index contributed by atoms with van der Waals surface area (Å²) in [7, 11) is 2.04. The predicted octanol–water partition coefficient (Wildman–Crippen LogP) is 1.50. The molecule has 0 aliphatic carbocycles. The van der Waals surface area contributed by atoms with Crippen LogP contribution >= 0.6 is 0 Å². The minimum absolute atomic E-state index is 0.318. The molecule has 1 saturated heterocycles. The van der Waals surface area contributed by atoms with E-state index in [-0.39, 0.29) is 0 Å². The molecule has 1 N–H and O–H groups in total. The number of imidazole rings is 1. The molecule has 16 heavy (non-hydrogen) atoms. The lowest BCUT2D eigenvalue weighted by atomic mass is 9.88. The molecule has 1 atom stereocenters. The third-order valence-electron chi connectivity index (χ3n) is 3.25. The number of aromatic nitrogens is 2. The van der Waals surface area contributed by atoms with Gasteiger partial charge >= 0.3 is 0 Å². The van der Waals surface area contributed by atoms with Crippen molar-refractivity contribution in [3.63, 3.8) is 0 Å². The van der Waals surface area contributed by atoms with Crippen molar-refractivity contribution in [3.05, 3.63) is 18.2 Å². The van der Waals surface area contributed by atoms with Gasteiger partial charge in [-0.05, 0) is 6.42 Å². The van der Waals surface area contributed by atoms with Gasteiger partial charge in [-0.1, -0.05) is 13.8 Å². The van der Waals surface area contributed by atoms with Crippen LogP contribution in [-0.4, -0.2) is 29.3 Å². The first kappa shape index (κ1) is 11.6. The van der Waals surface area contributed by atoms with Crippen LogP contribution in [0.1, 0.15) is 32.1 Å². The van der Waals surface area contributed by atoms with E-state index in [4.69, 9.17) is 4.74 Å². The van der Waals surface area contributed by atoms with E-state index < -0.39 is 0 Å². The highest BCUT2D eigenvalue weighted by atomic mass is 16.5. The summed E-state index contributed by atoms with van der Waals surface area (Å²) in [4.78, 5) is 4.40. The Morgan fingerprint density at radius 2 is 2.38 bits per heavy atom. The average molecular weight is 223 g/mol. The fourth-order valence-corrected chi connectivity index (χ4v) is 2.05. The second kappa shape index (κ2) is 4.55. The van der Waals surface area contributed by atoms with Gasteiger partial charge in [0.15, 0.2) is 0 Å². The Bertz CT molecular complexity index is 344. The molecule has 1 aromatic heterocycles. The van der Waals surface area contributed by atoms with E-state index in [1.54, 1.807) is 0 Å². The zero-order chi connectivity index (χ0) is 11.6. The standard InChI is InChI=1S/C12H21N3O/c1-4-10(11-13-5-6-15(11)3)14-7-12(2)8-16-9-12/h5-6,10,14H,4,7-9H2,1-3H3. The molecule has 0 radical (unpaired) electrons. The molecule has 0 saturated carbocycles. The minimum atomic E-state index is 0.318. The Morgan fingerprint density at radius 3 is 2.81 bits per heavy atom. The second-order valence-electron chi connectivity index (χ2n) is 5.04. The van der Waals surface area contributed by atoms with E-state index in [2.05, 4.69) is 28.7 Å². The SMILES string of the molecule is CCC(NCC1(C)COC1)c1nccn1C. The Labute approximate surface area is 97.0 Å². The van der Waals surface area contributed by atoms with E-state index >= 15 is 0 Å². The van der Waals surface area contributed by atoms with Crippen molar-refractivity contribution in [1.82, 2.24) is 14.9 Å². The van der Waals surface area contributed by atoms with Gasteiger partial charge in [-0.2, -0.15) is 0 Å². The number of aryl methyl sites for hydroxylation is 1. The van der Waals surface area contributed by atoms with Crippen LogP contribution in [0.5, 0.6) is 0 Å². The normalized spacial score (nSPS) is 20.4. The molecule has 4 heteroatoms. The lowest BCUT2D eigenvalue weighted by molar-refractivity contribution is -0.100. The summed E-state index contributed by atoms with van der Waals surface area (Å²) in [6.45, 7) is 7.19. The number of hydrogen-bond acceptors (Lipinski definition) is 3. The van der Waals surface area contributed by atoms with Gasteiger partial charge in [0.2, 0.25) is 0 Å². The van der Waals surface area contributed by atoms with Crippen molar-refractivity contribution >= 4 is 0 Å². The summed E-state index contributed by atoms with van der Waals surface area (Å²) in [5.41, 5.74) is 0.318. The maximum absolute atomic E-state index is 5.26. The smallest absolute Gasteiger partial charge is 0.125 e. The first-order valence-electron chi connectivity index (χ1n) is 5.93. The summed E-state index contributed by atoms with van der Waals surface area (Å²) in [6, 6.07) is 0.345. The molecule has 2 heterocycles. The third kappa shape index (κ3) is 2.28. The molecule has 0 aromatic carbocycles. The van der Waals surface area contributed by atoms with Gasteiger partial charge in [0.1, 0.15) is 5.82 Å². The van der Waals surface area contributed by atoms with Gasteiger partial charge in [-0.15, -0.1) is 0 Å². The van der Waals surface area contributed by atoms with Crippen molar-refractivity contribution in [2.45, 2.75) is 26.3 Å². The van der Waals surface area contributed by atoms with Crippen LogP contribution < -0.4 is 5.32 Å². The van der Waals surface area contributed by atoms with E-state index in [9.17, 15) is 0 Å². The average Bonchev–Trinajstić information content (AvgIpc) is 2.63. The first-order valence-corrected chi connectivity index (χ1v) is 5.93. The Balaban J connectivity index is 1.93. The molecule has 0 bridgehead atoms. The number of nitrogens with zero attached hydrogens (tertiary/aromatic N) is 2. The lowest BCUT2D eigenvalue weighted by Crippen LogP contribution is -2.48. The molecule has 4 nitrogen and oxygen atoms in total. The molecule has 0 spiro atoms. The number of hydrogen-bond donors (Lipinski definition) is 1. The van der Waals surface area contributed by atoms with Crippen LogP contribution in [0, 0.1) is 5.41 Å². The number of nitrogens with one attached hydrogen (secondary N) is 1. The maximum atomic E-state index is 5.26. The monoisotopic (exact) mass is 223 g/mol. The van der Waals surface area contributed by atoms with Crippen molar-refractivity contribution in [3.8, 4) is 0 Å². The molecule has 1 unspecified atom stereocenters. The molecule has 2 rings (SSSR count). The van der Waals surface area contributed by atoms with Gasteiger partial charge in [0.05, 0.1) is 19.3 Å². The highest BCUT2D eigenvalue weighted by molar-refractivity contribution is 4.99. The van der Waals surface area contributed by atoms with Crippen LogP contribution in [0.4, 0.5) is 0 Å². The quantitative estimate of drug-likeness (QED) is 0.822. The van der Waals surface area contributed by atoms with Crippen molar-refractivity contribution in [2.75, 3.05) is 19.8 Å². The van der Waals surface area contributed by atoms with Crippen LogP contribution in [0.15, 0.2) is 12.4 Å². The van der Waals surface area contributed by atoms with Gasteiger partial charge in [-0.3, -0.25) is 0 Å². The second-order valence-corrected chi connectivity index (χ2v) is 5.04. The fraction of sp³-hybridized carbons (Fsp3) is 0.750. The predicted molar refractivity (Wildman–Crippen MR) is 63.2 cm³/mol. The lowest BCUT2D eigenvalue weighted by Gasteiger charge is -2.39. The van der Waals surface area contributed by atoms with E-state index in [0.717, 1.165) is 32.0 Å². The van der Waals surface area contributed by atoms with Gasteiger partial charge in [0.25, 0.3) is 0 Å². The molecule has 90 valence electrons. The Kier molecular flexibility index (Phi) is 3.30. The zero-order valence-electron chi connectivity index (χ0n) is 10.4. The number of rotatable bonds is 5. The summed E-state index contributed by atoms with van der Waals surface area (Å²) in [5.74, 6) is 1.12. The summed E-state index contributed by atoms with van der Waals surface area (Å²) in [5, 5.41) is 3.59. The van der Waals surface area contributed by atoms with Gasteiger partial charge < -0.3 is 14.6 Å². The van der Waals surface area contributed by atoms with Crippen molar-refractivity contribution < 1.29 is 4.74 Å².